The molecule has 1 amide bonds. The molecule has 148 valence electrons. The molecular formula is C22H23N5O2. The highest BCUT2D eigenvalue weighted by atomic mass is 16.5. The van der Waals surface area contributed by atoms with Crippen LogP contribution in [0.25, 0.3) is 0 Å². The molecule has 7 heteroatoms. The number of carbonyl (C=O) groups is 1. The molecule has 1 N–H and O–H groups in total. The van der Waals surface area contributed by atoms with Gasteiger partial charge in [0.15, 0.2) is 5.82 Å². The number of tetrazole rings is 1. The van der Waals surface area contributed by atoms with Gasteiger partial charge in [-0.15, -0.1) is 5.10 Å². The molecule has 2 aromatic carbocycles. The van der Waals surface area contributed by atoms with E-state index in [1.807, 2.05) is 53.2 Å². The average molecular weight is 389 g/mol. The molecule has 3 aromatic rings. The number of hydrogen-bond donors (Lipinski definition) is 1. The number of fused-ring (bicyclic) bond motifs is 2. The van der Waals surface area contributed by atoms with Gasteiger partial charge < -0.3 is 10.1 Å². The number of nitrogens with one attached hydrogen (secondary N) is 1. The lowest BCUT2D eigenvalue weighted by molar-refractivity contribution is -0.122. The summed E-state index contributed by atoms with van der Waals surface area (Å²) in [5.41, 5.74) is 1.74. The predicted octanol–water partition coefficient (Wildman–Crippen LogP) is 3.73. The third kappa shape index (κ3) is 3.37. The lowest BCUT2D eigenvalue weighted by Gasteiger charge is -2.27. The van der Waals surface area contributed by atoms with Crippen LogP contribution in [0.2, 0.25) is 0 Å². The molecule has 1 fully saturated rings. The predicted molar refractivity (Wildman–Crippen MR) is 107 cm³/mol. The Morgan fingerprint density at radius 3 is 2.34 bits per heavy atom. The fraction of sp³-hybridized carbons (Fsp3) is 0.364. The minimum atomic E-state index is -0.421. The minimum Gasteiger partial charge on any atom is -0.457 e. The van der Waals surface area contributed by atoms with Crippen LogP contribution >= 0.6 is 0 Å². The van der Waals surface area contributed by atoms with Crippen molar-refractivity contribution >= 4 is 5.91 Å². The van der Waals surface area contributed by atoms with Crippen LogP contribution in [0, 0.1) is 0 Å². The molecule has 5 rings (SSSR count). The topological polar surface area (TPSA) is 81.9 Å². The van der Waals surface area contributed by atoms with Crippen LogP contribution in [-0.4, -0.2) is 26.1 Å². The highest BCUT2D eigenvalue weighted by Gasteiger charge is 2.32. The van der Waals surface area contributed by atoms with Gasteiger partial charge in [0, 0.05) is 11.1 Å². The van der Waals surface area contributed by atoms with Crippen molar-refractivity contribution in [3.05, 3.63) is 65.5 Å². The number of para-hydroxylation sites is 2. The first-order chi connectivity index (χ1) is 14.3. The van der Waals surface area contributed by atoms with Crippen LogP contribution in [0.5, 0.6) is 11.5 Å². The maximum Gasteiger partial charge on any atom is 0.232 e. The first-order valence-electron chi connectivity index (χ1n) is 10.2. The van der Waals surface area contributed by atoms with E-state index < -0.39 is 5.92 Å². The van der Waals surface area contributed by atoms with Gasteiger partial charge in [0.1, 0.15) is 11.5 Å². The molecule has 2 aliphatic rings. The highest BCUT2D eigenvalue weighted by Crippen LogP contribution is 2.43. The van der Waals surface area contributed by atoms with Crippen molar-refractivity contribution in [2.75, 3.05) is 0 Å². The fourth-order valence-electron chi connectivity index (χ4n) is 4.40. The van der Waals surface area contributed by atoms with Crippen molar-refractivity contribution in [3.63, 3.8) is 0 Å². The average Bonchev–Trinajstić information content (AvgIpc) is 3.25. The van der Waals surface area contributed by atoms with Gasteiger partial charge in [0.2, 0.25) is 5.91 Å². The smallest absolute Gasteiger partial charge is 0.232 e. The Morgan fingerprint density at radius 2 is 1.66 bits per heavy atom. The zero-order chi connectivity index (χ0) is 19.6. The molecule has 0 radical (unpaired) electrons. The molecule has 1 aliphatic carbocycles. The summed E-state index contributed by atoms with van der Waals surface area (Å²) in [6, 6.07) is 15.7. The molecule has 2 heterocycles. The number of nitrogens with zero attached hydrogens (tertiary/aromatic N) is 4. The van der Waals surface area contributed by atoms with Crippen LogP contribution in [0.3, 0.4) is 0 Å². The van der Waals surface area contributed by atoms with Gasteiger partial charge in [-0.1, -0.05) is 55.7 Å². The van der Waals surface area contributed by atoms with Gasteiger partial charge in [-0.05, 0) is 35.4 Å². The summed E-state index contributed by atoms with van der Waals surface area (Å²) in [5, 5.41) is 15.3. The largest absolute Gasteiger partial charge is 0.457 e. The van der Waals surface area contributed by atoms with E-state index in [4.69, 9.17) is 4.74 Å². The molecule has 0 unspecified atom stereocenters. The zero-order valence-corrected chi connectivity index (χ0v) is 16.1. The van der Waals surface area contributed by atoms with E-state index in [1.165, 1.54) is 19.3 Å². The molecule has 1 aliphatic heterocycles. The van der Waals surface area contributed by atoms with Gasteiger partial charge in [0.05, 0.1) is 18.5 Å². The minimum absolute atomic E-state index is 0.0774. The molecule has 7 nitrogen and oxygen atoms in total. The molecule has 0 bridgehead atoms. The summed E-state index contributed by atoms with van der Waals surface area (Å²) in [6.45, 7) is 0.310. The van der Waals surface area contributed by atoms with Gasteiger partial charge in [-0.3, -0.25) is 4.79 Å². The van der Waals surface area contributed by atoms with Crippen molar-refractivity contribution in [1.29, 1.82) is 0 Å². The Bertz CT molecular complexity index is 980. The summed E-state index contributed by atoms with van der Waals surface area (Å²) in [4.78, 5) is 13.3. The Balaban J connectivity index is 1.38. The maximum absolute atomic E-state index is 13.3. The van der Waals surface area contributed by atoms with Crippen LogP contribution in [0.4, 0.5) is 0 Å². The highest BCUT2D eigenvalue weighted by molar-refractivity contribution is 5.89. The van der Waals surface area contributed by atoms with Crippen LogP contribution in [0.15, 0.2) is 48.5 Å². The molecule has 0 spiro atoms. The van der Waals surface area contributed by atoms with E-state index in [0.717, 1.165) is 35.5 Å². The Labute approximate surface area is 169 Å². The van der Waals surface area contributed by atoms with Crippen molar-refractivity contribution in [1.82, 2.24) is 25.5 Å². The SMILES string of the molecule is O=C(NCc1nnnn1C1CCCCC1)C1c2ccccc2Oc2ccccc21. The Hall–Kier alpha value is -3.22. The second kappa shape index (κ2) is 7.66. The third-order valence-corrected chi connectivity index (χ3v) is 5.84. The van der Waals surface area contributed by atoms with Crippen molar-refractivity contribution < 1.29 is 9.53 Å². The molecule has 29 heavy (non-hydrogen) atoms. The van der Waals surface area contributed by atoms with Crippen molar-refractivity contribution in [2.45, 2.75) is 50.6 Å². The standard InChI is InChI=1S/C22H23N5O2/c28-22(23-14-20-24-25-26-27(20)15-8-2-1-3-9-15)21-16-10-4-6-12-18(16)29-19-13-7-5-11-17(19)21/h4-7,10-13,15,21H,1-3,8-9,14H2,(H,23,28). The normalized spacial score (nSPS) is 16.6. The zero-order valence-electron chi connectivity index (χ0n) is 16.1. The van der Waals surface area contributed by atoms with Crippen molar-refractivity contribution in [3.8, 4) is 11.5 Å². The number of aromatic nitrogens is 4. The molecule has 1 saturated carbocycles. The first-order valence-corrected chi connectivity index (χ1v) is 10.2. The van der Waals surface area contributed by atoms with E-state index in [-0.39, 0.29) is 5.91 Å². The number of carbonyl (C=O) groups excluding carboxylic acids is 1. The van der Waals surface area contributed by atoms with Crippen molar-refractivity contribution in [2.24, 2.45) is 0 Å². The van der Waals surface area contributed by atoms with Gasteiger partial charge in [-0.25, -0.2) is 4.68 Å². The second-order valence-corrected chi connectivity index (χ2v) is 7.66. The first kappa shape index (κ1) is 17.8. The van der Waals surface area contributed by atoms with E-state index in [9.17, 15) is 4.79 Å². The van der Waals surface area contributed by atoms with Gasteiger partial charge in [-0.2, -0.15) is 0 Å². The molecule has 1 aromatic heterocycles. The van der Waals surface area contributed by atoms with Crippen LogP contribution in [0.1, 0.15) is 61.0 Å². The monoisotopic (exact) mass is 389 g/mol. The summed E-state index contributed by atoms with van der Waals surface area (Å²) < 4.78 is 7.88. The number of rotatable bonds is 4. The third-order valence-electron chi connectivity index (χ3n) is 5.84. The van der Waals surface area contributed by atoms with Gasteiger partial charge in [0.25, 0.3) is 0 Å². The van der Waals surface area contributed by atoms with E-state index >= 15 is 0 Å². The number of amides is 1. The number of ether oxygens (including phenoxy) is 1. The lowest BCUT2D eigenvalue weighted by Crippen LogP contribution is -2.32. The second-order valence-electron chi connectivity index (χ2n) is 7.66. The maximum atomic E-state index is 13.3. The van der Waals surface area contributed by atoms with Crippen LogP contribution < -0.4 is 10.1 Å². The summed E-state index contributed by atoms with van der Waals surface area (Å²) >= 11 is 0. The molecule has 0 saturated heterocycles. The fourth-order valence-corrected chi connectivity index (χ4v) is 4.40. The Morgan fingerprint density at radius 1 is 1.00 bits per heavy atom. The lowest BCUT2D eigenvalue weighted by atomic mass is 9.87. The number of benzene rings is 2. The Kier molecular flexibility index (Phi) is 4.71. The molecular weight excluding hydrogens is 366 g/mol. The molecule has 0 atom stereocenters. The van der Waals surface area contributed by atoms with Crippen LogP contribution in [-0.2, 0) is 11.3 Å². The number of hydrogen-bond acceptors (Lipinski definition) is 5. The summed E-state index contributed by atoms with van der Waals surface area (Å²) in [7, 11) is 0. The van der Waals surface area contributed by atoms with E-state index in [2.05, 4.69) is 20.8 Å². The quantitative estimate of drug-likeness (QED) is 0.735. The summed E-state index contributed by atoms with van der Waals surface area (Å²) in [6.07, 6.45) is 5.85. The van der Waals surface area contributed by atoms with Gasteiger partial charge >= 0.3 is 0 Å². The van der Waals surface area contributed by atoms with E-state index in [0.29, 0.717) is 18.4 Å². The van der Waals surface area contributed by atoms with E-state index in [1.54, 1.807) is 0 Å². The summed E-state index contributed by atoms with van der Waals surface area (Å²) in [5.74, 6) is 1.65.